The fourth-order valence-electron chi connectivity index (χ4n) is 2.25. The summed E-state index contributed by atoms with van der Waals surface area (Å²) in [6.45, 7) is 1.88. The van der Waals surface area contributed by atoms with Crippen molar-refractivity contribution in [2.24, 2.45) is 11.8 Å². The van der Waals surface area contributed by atoms with Crippen molar-refractivity contribution in [3.05, 3.63) is 30.1 Å². The lowest BCUT2D eigenvalue weighted by Gasteiger charge is -2.09. The van der Waals surface area contributed by atoms with Crippen molar-refractivity contribution in [3.8, 4) is 5.69 Å². The topological polar surface area (TPSA) is 110 Å². The van der Waals surface area contributed by atoms with Gasteiger partial charge in [-0.25, -0.2) is 4.68 Å². The molecular weight excluding hydrogens is 274 g/mol. The SMILES string of the molecule is Cc1cc(NC(=O)[C@@H]2C[C@@H]2C(=O)O)ccc1-n1cnnn1. The minimum Gasteiger partial charge on any atom is -0.481 e. The van der Waals surface area contributed by atoms with E-state index in [1.165, 1.54) is 11.0 Å². The number of benzene rings is 1. The number of carbonyl (C=O) groups is 2. The zero-order valence-electron chi connectivity index (χ0n) is 11.2. The Hall–Kier alpha value is -2.77. The summed E-state index contributed by atoms with van der Waals surface area (Å²) in [5, 5.41) is 22.5. The summed E-state index contributed by atoms with van der Waals surface area (Å²) in [6, 6.07) is 5.33. The number of hydrogen-bond donors (Lipinski definition) is 2. The second-order valence-corrected chi connectivity index (χ2v) is 5.03. The molecular formula is C13H13N5O3. The molecule has 1 heterocycles. The van der Waals surface area contributed by atoms with Crippen molar-refractivity contribution in [2.75, 3.05) is 5.32 Å². The van der Waals surface area contributed by atoms with Crippen molar-refractivity contribution in [2.45, 2.75) is 13.3 Å². The molecule has 1 saturated carbocycles. The smallest absolute Gasteiger partial charge is 0.307 e. The molecule has 1 fully saturated rings. The van der Waals surface area contributed by atoms with Crippen molar-refractivity contribution < 1.29 is 14.7 Å². The second-order valence-electron chi connectivity index (χ2n) is 5.03. The van der Waals surface area contributed by atoms with Crippen LogP contribution in [0.1, 0.15) is 12.0 Å². The monoisotopic (exact) mass is 287 g/mol. The third-order valence-electron chi connectivity index (χ3n) is 3.50. The molecule has 3 rings (SSSR count). The maximum atomic E-state index is 11.9. The normalized spacial score (nSPS) is 20.0. The zero-order chi connectivity index (χ0) is 15.0. The zero-order valence-corrected chi connectivity index (χ0v) is 11.2. The number of tetrazole rings is 1. The number of carboxylic acids is 1. The predicted octanol–water partition coefficient (Wildman–Crippen LogP) is 0.630. The van der Waals surface area contributed by atoms with E-state index in [1.807, 2.05) is 6.92 Å². The van der Waals surface area contributed by atoms with Gasteiger partial charge in [-0.1, -0.05) is 0 Å². The fraction of sp³-hybridized carbons (Fsp3) is 0.308. The Morgan fingerprint density at radius 3 is 2.76 bits per heavy atom. The number of carbonyl (C=O) groups excluding carboxylic acids is 1. The molecule has 0 radical (unpaired) electrons. The Bertz CT molecular complexity index is 698. The molecule has 0 bridgehead atoms. The number of aromatic nitrogens is 4. The third-order valence-corrected chi connectivity index (χ3v) is 3.50. The van der Waals surface area contributed by atoms with Crippen molar-refractivity contribution in [1.82, 2.24) is 20.2 Å². The molecule has 0 saturated heterocycles. The van der Waals surface area contributed by atoms with Gasteiger partial charge in [-0.15, -0.1) is 5.10 Å². The van der Waals surface area contributed by atoms with Crippen LogP contribution in [0.25, 0.3) is 5.69 Å². The van der Waals surface area contributed by atoms with E-state index >= 15 is 0 Å². The largest absolute Gasteiger partial charge is 0.481 e. The van der Waals surface area contributed by atoms with Crippen molar-refractivity contribution in [3.63, 3.8) is 0 Å². The molecule has 2 atom stereocenters. The minimum atomic E-state index is -0.916. The minimum absolute atomic E-state index is 0.253. The lowest BCUT2D eigenvalue weighted by Crippen LogP contribution is -2.17. The van der Waals surface area contributed by atoms with E-state index in [-0.39, 0.29) is 5.91 Å². The first kappa shape index (κ1) is 13.2. The molecule has 1 aliphatic carbocycles. The second kappa shape index (κ2) is 4.97. The van der Waals surface area contributed by atoms with Gasteiger partial charge in [0.15, 0.2) is 0 Å². The summed E-state index contributed by atoms with van der Waals surface area (Å²) < 4.78 is 1.53. The van der Waals surface area contributed by atoms with Gasteiger partial charge >= 0.3 is 5.97 Å². The first-order valence-corrected chi connectivity index (χ1v) is 6.44. The highest BCUT2D eigenvalue weighted by atomic mass is 16.4. The van der Waals surface area contributed by atoms with Gasteiger partial charge in [0.1, 0.15) is 6.33 Å². The van der Waals surface area contributed by atoms with Crippen LogP contribution in [0.2, 0.25) is 0 Å². The average molecular weight is 287 g/mol. The summed E-state index contributed by atoms with van der Waals surface area (Å²) in [7, 11) is 0. The van der Waals surface area contributed by atoms with Crippen LogP contribution in [0.4, 0.5) is 5.69 Å². The van der Waals surface area contributed by atoms with Crippen molar-refractivity contribution in [1.29, 1.82) is 0 Å². The highest BCUT2D eigenvalue weighted by molar-refractivity contribution is 5.98. The Labute approximate surface area is 119 Å². The summed E-state index contributed by atoms with van der Waals surface area (Å²) in [5.74, 6) is -2.15. The molecule has 8 nitrogen and oxygen atoms in total. The Morgan fingerprint density at radius 2 is 2.19 bits per heavy atom. The van der Waals surface area contributed by atoms with Crippen LogP contribution in [0.15, 0.2) is 24.5 Å². The van der Waals surface area contributed by atoms with Crippen LogP contribution < -0.4 is 5.32 Å². The number of carboxylic acid groups (broad SMARTS) is 1. The van der Waals surface area contributed by atoms with Crippen molar-refractivity contribution >= 4 is 17.6 Å². The molecule has 2 aromatic rings. The fourth-order valence-corrected chi connectivity index (χ4v) is 2.25. The number of anilines is 1. The molecule has 8 heteroatoms. The van der Waals surface area contributed by atoms with Gasteiger partial charge in [0.05, 0.1) is 17.5 Å². The number of amides is 1. The van der Waals surface area contributed by atoms with Crippen LogP contribution in [-0.4, -0.2) is 37.2 Å². The van der Waals surface area contributed by atoms with Gasteiger partial charge < -0.3 is 10.4 Å². The molecule has 0 unspecified atom stereocenters. The maximum absolute atomic E-state index is 11.9. The van der Waals surface area contributed by atoms with Crippen LogP contribution >= 0.6 is 0 Å². The van der Waals surface area contributed by atoms with Gasteiger partial charge in [-0.05, 0) is 47.5 Å². The number of nitrogens with one attached hydrogen (secondary N) is 1. The van der Waals surface area contributed by atoms with Gasteiger partial charge in [0, 0.05) is 5.69 Å². The Balaban J connectivity index is 1.72. The van der Waals surface area contributed by atoms with Gasteiger partial charge in [-0.3, -0.25) is 9.59 Å². The molecule has 1 aromatic carbocycles. The Kier molecular flexibility index (Phi) is 3.13. The standard InChI is InChI=1S/C13H13N5O3/c1-7-4-8(2-3-11(7)18-6-14-16-17-18)15-12(19)9-5-10(9)13(20)21/h2-4,6,9-10H,5H2,1H3,(H,15,19)(H,20,21)/t9-,10+/m1/s1. The highest BCUT2D eigenvalue weighted by Crippen LogP contribution is 2.39. The molecule has 0 spiro atoms. The van der Waals surface area contributed by atoms with Gasteiger partial charge in [0.25, 0.3) is 0 Å². The van der Waals surface area contributed by atoms with E-state index in [4.69, 9.17) is 5.11 Å². The number of nitrogens with zero attached hydrogens (tertiary/aromatic N) is 4. The van der Waals surface area contributed by atoms with Crippen LogP contribution in [0.5, 0.6) is 0 Å². The maximum Gasteiger partial charge on any atom is 0.307 e. The quantitative estimate of drug-likeness (QED) is 0.853. The molecule has 1 amide bonds. The lowest BCUT2D eigenvalue weighted by molar-refractivity contribution is -0.139. The summed E-state index contributed by atoms with van der Waals surface area (Å²) in [6.07, 6.45) is 1.89. The van der Waals surface area contributed by atoms with E-state index in [9.17, 15) is 9.59 Å². The third kappa shape index (κ3) is 2.60. The molecule has 1 aliphatic rings. The van der Waals surface area contributed by atoms with Crippen LogP contribution in [0.3, 0.4) is 0 Å². The molecule has 21 heavy (non-hydrogen) atoms. The van der Waals surface area contributed by atoms with E-state index in [0.717, 1.165) is 11.3 Å². The van der Waals surface area contributed by atoms with Gasteiger partial charge in [-0.2, -0.15) is 0 Å². The molecule has 108 valence electrons. The van der Waals surface area contributed by atoms with Gasteiger partial charge in [0.2, 0.25) is 5.91 Å². The highest BCUT2D eigenvalue weighted by Gasteiger charge is 2.48. The number of hydrogen-bond acceptors (Lipinski definition) is 5. The van der Waals surface area contributed by atoms with Crippen LogP contribution in [0, 0.1) is 18.8 Å². The number of rotatable bonds is 4. The molecule has 0 aliphatic heterocycles. The first-order valence-electron chi connectivity index (χ1n) is 6.44. The number of aliphatic carboxylic acids is 1. The van der Waals surface area contributed by atoms with Crippen LogP contribution in [-0.2, 0) is 9.59 Å². The Morgan fingerprint density at radius 1 is 1.38 bits per heavy atom. The van der Waals surface area contributed by atoms with E-state index in [1.54, 1.807) is 18.2 Å². The summed E-state index contributed by atoms with van der Waals surface area (Å²) in [4.78, 5) is 22.7. The predicted molar refractivity (Wildman–Crippen MR) is 71.8 cm³/mol. The molecule has 2 N–H and O–H groups in total. The number of aryl methyl sites for hydroxylation is 1. The molecule has 1 aromatic heterocycles. The van der Waals surface area contributed by atoms with E-state index in [0.29, 0.717) is 12.1 Å². The average Bonchev–Trinajstić information content (AvgIpc) is 3.08. The summed E-state index contributed by atoms with van der Waals surface area (Å²) in [5.41, 5.74) is 2.34. The van der Waals surface area contributed by atoms with E-state index < -0.39 is 17.8 Å². The summed E-state index contributed by atoms with van der Waals surface area (Å²) >= 11 is 0. The lowest BCUT2D eigenvalue weighted by atomic mass is 10.1. The first-order chi connectivity index (χ1) is 10.1. The van der Waals surface area contributed by atoms with E-state index in [2.05, 4.69) is 20.8 Å².